The summed E-state index contributed by atoms with van der Waals surface area (Å²) < 4.78 is 5.95. The summed E-state index contributed by atoms with van der Waals surface area (Å²) in [5.41, 5.74) is 2.11. The summed E-state index contributed by atoms with van der Waals surface area (Å²) in [5, 5.41) is 0. The van der Waals surface area contributed by atoms with Crippen LogP contribution in [0.5, 0.6) is 5.88 Å². The number of aromatic nitrogens is 1. The predicted octanol–water partition coefficient (Wildman–Crippen LogP) is 3.19. The van der Waals surface area contributed by atoms with Gasteiger partial charge in [-0.1, -0.05) is 0 Å². The zero-order valence-electron chi connectivity index (χ0n) is 6.19. The first-order valence-electron chi connectivity index (χ1n) is 3.07. The van der Waals surface area contributed by atoms with Gasteiger partial charge in [-0.15, -0.1) is 0 Å². The zero-order valence-corrected chi connectivity index (χ0v) is 9.93. The molecule has 0 unspecified atom stereocenters. The lowest BCUT2D eigenvalue weighted by Gasteiger charge is -2.03. The van der Waals surface area contributed by atoms with Crippen molar-refractivity contribution in [3.8, 4) is 5.88 Å². The monoisotopic (exact) mass is 327 g/mol. The third-order valence-electron chi connectivity index (χ3n) is 1.31. The largest absolute Gasteiger partial charge is 0.407 e. The van der Waals surface area contributed by atoms with E-state index in [9.17, 15) is 0 Å². The van der Waals surface area contributed by atoms with E-state index >= 15 is 0 Å². The maximum absolute atomic E-state index is 5.02. The molecule has 0 saturated carbocycles. The SMILES string of the molecule is Cc1cc(C)c(Br)c(OI)n1. The Balaban J connectivity index is 3.24. The molecule has 11 heavy (non-hydrogen) atoms. The van der Waals surface area contributed by atoms with Crippen molar-refractivity contribution in [1.29, 1.82) is 0 Å². The molecular weight excluding hydrogens is 321 g/mol. The third-order valence-corrected chi connectivity index (χ3v) is 2.69. The van der Waals surface area contributed by atoms with E-state index in [0.29, 0.717) is 5.88 Å². The van der Waals surface area contributed by atoms with Gasteiger partial charge in [0.2, 0.25) is 5.88 Å². The first-order valence-corrected chi connectivity index (χ1v) is 4.75. The van der Waals surface area contributed by atoms with Crippen LogP contribution in [0, 0.1) is 13.8 Å². The van der Waals surface area contributed by atoms with Crippen molar-refractivity contribution < 1.29 is 3.07 Å². The molecule has 1 rings (SSSR count). The Kier molecular flexibility index (Phi) is 3.12. The summed E-state index contributed by atoms with van der Waals surface area (Å²) in [6.07, 6.45) is 0. The number of nitrogens with zero attached hydrogens (tertiary/aromatic N) is 1. The van der Waals surface area contributed by atoms with E-state index in [1.54, 1.807) is 0 Å². The van der Waals surface area contributed by atoms with Crippen molar-refractivity contribution in [1.82, 2.24) is 4.98 Å². The summed E-state index contributed by atoms with van der Waals surface area (Å²) in [7, 11) is 0. The van der Waals surface area contributed by atoms with E-state index in [2.05, 4.69) is 20.9 Å². The first kappa shape index (κ1) is 9.25. The number of aryl methyl sites for hydroxylation is 2. The quantitative estimate of drug-likeness (QED) is 0.739. The summed E-state index contributed by atoms with van der Waals surface area (Å²) in [5.74, 6) is 0.642. The van der Waals surface area contributed by atoms with Crippen LogP contribution < -0.4 is 3.07 Å². The van der Waals surface area contributed by atoms with E-state index in [1.165, 1.54) is 0 Å². The van der Waals surface area contributed by atoms with Gasteiger partial charge in [0.25, 0.3) is 0 Å². The fraction of sp³-hybridized carbons (Fsp3) is 0.286. The van der Waals surface area contributed by atoms with Crippen LogP contribution in [0.15, 0.2) is 10.5 Å². The summed E-state index contributed by atoms with van der Waals surface area (Å²) in [4.78, 5) is 4.18. The molecule has 1 heterocycles. The Labute approximate surface area is 88.2 Å². The highest BCUT2D eigenvalue weighted by molar-refractivity contribution is 14.1. The highest BCUT2D eigenvalue weighted by Gasteiger charge is 2.05. The van der Waals surface area contributed by atoms with Gasteiger partial charge in [0, 0.05) is 5.69 Å². The first-order chi connectivity index (χ1) is 5.15. The number of hydrogen-bond donors (Lipinski definition) is 0. The summed E-state index contributed by atoms with van der Waals surface area (Å²) in [6, 6.07) is 2.00. The Bertz CT molecular complexity index is 277. The Hall–Kier alpha value is 0.160. The molecule has 0 saturated heterocycles. The van der Waals surface area contributed by atoms with Crippen molar-refractivity contribution in [3.63, 3.8) is 0 Å². The second-order valence-electron chi connectivity index (χ2n) is 2.28. The van der Waals surface area contributed by atoms with Gasteiger partial charge in [0.15, 0.2) is 23.0 Å². The molecule has 0 amide bonds. The molecule has 2 nitrogen and oxygen atoms in total. The van der Waals surface area contributed by atoms with Gasteiger partial charge in [0.05, 0.1) is 4.47 Å². The van der Waals surface area contributed by atoms with Gasteiger partial charge < -0.3 is 3.07 Å². The average Bonchev–Trinajstić information content (AvgIpc) is 1.96. The molecule has 1 aromatic heterocycles. The molecule has 0 aliphatic heterocycles. The Morgan fingerprint density at radius 1 is 1.55 bits per heavy atom. The molecule has 0 atom stereocenters. The van der Waals surface area contributed by atoms with E-state index in [0.717, 1.165) is 15.7 Å². The van der Waals surface area contributed by atoms with Crippen LogP contribution in [0.4, 0.5) is 0 Å². The maximum Gasteiger partial charge on any atom is 0.239 e. The molecule has 0 aliphatic carbocycles. The second-order valence-corrected chi connectivity index (χ2v) is 3.51. The van der Waals surface area contributed by atoms with Crippen LogP contribution in [-0.2, 0) is 0 Å². The fourth-order valence-corrected chi connectivity index (χ4v) is 1.74. The van der Waals surface area contributed by atoms with E-state index in [1.807, 2.05) is 42.9 Å². The minimum atomic E-state index is 0.642. The number of hydrogen-bond acceptors (Lipinski definition) is 2. The fourth-order valence-electron chi connectivity index (χ4n) is 0.838. The predicted molar refractivity (Wildman–Crippen MR) is 56.1 cm³/mol. The third kappa shape index (κ3) is 2.05. The Morgan fingerprint density at radius 2 is 2.18 bits per heavy atom. The molecule has 0 spiro atoms. The summed E-state index contributed by atoms with van der Waals surface area (Å²) in [6.45, 7) is 3.95. The number of halogens is 2. The van der Waals surface area contributed by atoms with E-state index < -0.39 is 0 Å². The van der Waals surface area contributed by atoms with Crippen LogP contribution in [-0.4, -0.2) is 4.98 Å². The van der Waals surface area contributed by atoms with Crippen LogP contribution in [0.1, 0.15) is 11.3 Å². The maximum atomic E-state index is 5.02. The summed E-state index contributed by atoms with van der Waals surface area (Å²) >= 11 is 5.20. The van der Waals surface area contributed by atoms with Crippen LogP contribution in [0.25, 0.3) is 0 Å². The molecule has 0 bridgehead atoms. The van der Waals surface area contributed by atoms with Crippen LogP contribution in [0.3, 0.4) is 0 Å². The topological polar surface area (TPSA) is 22.1 Å². The molecule has 4 heteroatoms. The minimum absolute atomic E-state index is 0.642. The lowest BCUT2D eigenvalue weighted by Crippen LogP contribution is -1.89. The van der Waals surface area contributed by atoms with Gasteiger partial charge in [-0.05, 0) is 41.4 Å². The second kappa shape index (κ2) is 3.71. The van der Waals surface area contributed by atoms with E-state index in [-0.39, 0.29) is 0 Å². The zero-order chi connectivity index (χ0) is 8.43. The van der Waals surface area contributed by atoms with Crippen molar-refractivity contribution in [3.05, 3.63) is 21.8 Å². The van der Waals surface area contributed by atoms with Gasteiger partial charge in [-0.3, -0.25) is 0 Å². The highest BCUT2D eigenvalue weighted by atomic mass is 127. The molecule has 0 N–H and O–H groups in total. The molecule has 1 aromatic rings. The van der Waals surface area contributed by atoms with Crippen LogP contribution in [0.2, 0.25) is 0 Å². The van der Waals surface area contributed by atoms with Crippen molar-refractivity contribution in [2.75, 3.05) is 0 Å². The molecule has 0 aliphatic rings. The normalized spacial score (nSPS) is 9.82. The molecular formula is C7H7BrINO. The minimum Gasteiger partial charge on any atom is -0.407 e. The average molecular weight is 328 g/mol. The molecule has 0 radical (unpaired) electrons. The van der Waals surface area contributed by atoms with Gasteiger partial charge in [-0.25, -0.2) is 4.98 Å². The van der Waals surface area contributed by atoms with Crippen molar-refractivity contribution in [2.24, 2.45) is 0 Å². The van der Waals surface area contributed by atoms with Gasteiger partial charge in [-0.2, -0.15) is 0 Å². The highest BCUT2D eigenvalue weighted by Crippen LogP contribution is 2.27. The van der Waals surface area contributed by atoms with Crippen LogP contribution >= 0.6 is 38.9 Å². The van der Waals surface area contributed by atoms with Crippen molar-refractivity contribution in [2.45, 2.75) is 13.8 Å². The lowest BCUT2D eigenvalue weighted by atomic mass is 10.2. The number of pyridine rings is 1. The lowest BCUT2D eigenvalue weighted by molar-refractivity contribution is 0.670. The smallest absolute Gasteiger partial charge is 0.239 e. The van der Waals surface area contributed by atoms with E-state index in [4.69, 9.17) is 3.07 Å². The standard InChI is InChI=1S/C7H7BrINO/c1-4-3-5(2)10-7(11-9)6(4)8/h3H,1-2H3. The van der Waals surface area contributed by atoms with Gasteiger partial charge in [0.1, 0.15) is 0 Å². The molecule has 60 valence electrons. The molecule has 0 fully saturated rings. The number of rotatable bonds is 1. The Morgan fingerprint density at radius 3 is 2.73 bits per heavy atom. The molecule has 0 aromatic carbocycles. The van der Waals surface area contributed by atoms with Crippen molar-refractivity contribution >= 4 is 38.9 Å². The van der Waals surface area contributed by atoms with Gasteiger partial charge >= 0.3 is 0 Å².